The van der Waals surface area contributed by atoms with Gasteiger partial charge in [0.15, 0.2) is 5.13 Å². The average molecular weight is 432 g/mol. The van der Waals surface area contributed by atoms with Crippen molar-refractivity contribution in [2.75, 3.05) is 12.4 Å². The Kier molecular flexibility index (Phi) is 5.26. The van der Waals surface area contributed by atoms with Crippen molar-refractivity contribution in [2.45, 2.75) is 6.92 Å². The van der Waals surface area contributed by atoms with Crippen LogP contribution in [-0.2, 0) is 0 Å². The first-order chi connectivity index (χ1) is 13.6. The molecule has 0 fully saturated rings. The lowest BCUT2D eigenvalue weighted by molar-refractivity contribution is 0.400. The summed E-state index contributed by atoms with van der Waals surface area (Å²) in [5.41, 5.74) is 3.64. The van der Waals surface area contributed by atoms with E-state index in [0.29, 0.717) is 27.1 Å². The quantitative estimate of drug-likeness (QED) is 0.374. The lowest BCUT2D eigenvalue weighted by atomic mass is 10.0. The van der Waals surface area contributed by atoms with Crippen LogP contribution in [0.15, 0.2) is 52.4 Å². The van der Waals surface area contributed by atoms with E-state index in [1.807, 2.05) is 36.6 Å². The summed E-state index contributed by atoms with van der Waals surface area (Å²) < 4.78 is 10.6. The van der Waals surface area contributed by atoms with Gasteiger partial charge in [-0.15, -0.1) is 11.3 Å². The topological polar surface area (TPSA) is 60.2 Å². The number of benzene rings is 2. The van der Waals surface area contributed by atoms with E-state index in [1.165, 1.54) is 11.3 Å². The highest BCUT2D eigenvalue weighted by Gasteiger charge is 2.22. The SMILES string of the molecule is COc1ccc(Nc2nc(-c3c(-c4c(Cl)cccc4Cl)noc3C)cs2)cc1. The number of aromatic nitrogens is 2. The fraction of sp³-hybridized carbons (Fsp3) is 0.100. The van der Waals surface area contributed by atoms with Crippen LogP contribution in [0.5, 0.6) is 5.75 Å². The molecular weight excluding hydrogens is 417 g/mol. The molecule has 0 amide bonds. The number of hydrogen-bond donors (Lipinski definition) is 1. The molecule has 2 aromatic carbocycles. The molecule has 1 N–H and O–H groups in total. The van der Waals surface area contributed by atoms with E-state index in [9.17, 15) is 0 Å². The molecule has 28 heavy (non-hydrogen) atoms. The monoisotopic (exact) mass is 431 g/mol. The smallest absolute Gasteiger partial charge is 0.187 e. The first kappa shape index (κ1) is 18.8. The van der Waals surface area contributed by atoms with E-state index in [0.717, 1.165) is 27.8 Å². The maximum atomic E-state index is 6.36. The zero-order valence-electron chi connectivity index (χ0n) is 15.0. The number of aryl methyl sites for hydroxylation is 1. The second-order valence-corrected chi connectivity index (χ2v) is 7.62. The lowest BCUT2D eigenvalue weighted by Gasteiger charge is -2.05. The van der Waals surface area contributed by atoms with Crippen LogP contribution in [0.3, 0.4) is 0 Å². The van der Waals surface area contributed by atoms with Gasteiger partial charge in [0.1, 0.15) is 17.2 Å². The summed E-state index contributed by atoms with van der Waals surface area (Å²) in [4.78, 5) is 4.69. The van der Waals surface area contributed by atoms with Crippen LogP contribution < -0.4 is 10.1 Å². The zero-order valence-corrected chi connectivity index (χ0v) is 17.3. The summed E-state index contributed by atoms with van der Waals surface area (Å²) in [6, 6.07) is 13.0. The van der Waals surface area contributed by atoms with Crippen molar-refractivity contribution >= 4 is 45.4 Å². The van der Waals surface area contributed by atoms with Gasteiger partial charge in [-0.1, -0.05) is 34.4 Å². The van der Waals surface area contributed by atoms with Gasteiger partial charge in [-0.2, -0.15) is 0 Å². The van der Waals surface area contributed by atoms with Crippen molar-refractivity contribution in [1.82, 2.24) is 10.1 Å². The molecule has 0 saturated carbocycles. The number of thiazole rings is 1. The van der Waals surface area contributed by atoms with Gasteiger partial charge in [-0.25, -0.2) is 4.98 Å². The third-order valence-corrected chi connectivity index (χ3v) is 5.55. The second-order valence-electron chi connectivity index (χ2n) is 5.95. The molecule has 0 saturated heterocycles. The molecule has 142 valence electrons. The van der Waals surface area contributed by atoms with E-state index >= 15 is 0 Å². The van der Waals surface area contributed by atoms with Crippen molar-refractivity contribution in [3.63, 3.8) is 0 Å². The Hall–Kier alpha value is -2.54. The van der Waals surface area contributed by atoms with Gasteiger partial charge in [0.05, 0.1) is 28.4 Å². The third-order valence-electron chi connectivity index (χ3n) is 4.16. The molecule has 4 rings (SSSR count). The fourth-order valence-corrected chi connectivity index (χ4v) is 4.11. The molecule has 2 heterocycles. The number of methoxy groups -OCH3 is 1. The van der Waals surface area contributed by atoms with Crippen LogP contribution in [-0.4, -0.2) is 17.3 Å². The van der Waals surface area contributed by atoms with Gasteiger partial charge >= 0.3 is 0 Å². The largest absolute Gasteiger partial charge is 0.497 e. The molecule has 8 heteroatoms. The summed E-state index contributed by atoms with van der Waals surface area (Å²) in [5, 5.41) is 11.2. The van der Waals surface area contributed by atoms with E-state index < -0.39 is 0 Å². The highest BCUT2D eigenvalue weighted by molar-refractivity contribution is 7.14. The van der Waals surface area contributed by atoms with Gasteiger partial charge in [-0.3, -0.25) is 0 Å². The van der Waals surface area contributed by atoms with Crippen LogP contribution in [0.2, 0.25) is 10.0 Å². The maximum absolute atomic E-state index is 6.36. The molecule has 4 aromatic rings. The van der Waals surface area contributed by atoms with Crippen molar-refractivity contribution in [3.8, 4) is 28.3 Å². The number of halogens is 2. The summed E-state index contributed by atoms with van der Waals surface area (Å²) in [5.74, 6) is 1.44. The minimum absolute atomic E-state index is 0.508. The number of anilines is 2. The summed E-state index contributed by atoms with van der Waals surface area (Å²) in [6.07, 6.45) is 0. The lowest BCUT2D eigenvalue weighted by Crippen LogP contribution is -1.91. The maximum Gasteiger partial charge on any atom is 0.187 e. The Morgan fingerprint density at radius 1 is 1.04 bits per heavy atom. The zero-order chi connectivity index (χ0) is 19.7. The van der Waals surface area contributed by atoms with Crippen molar-refractivity contribution in [1.29, 1.82) is 0 Å². The number of ether oxygens (including phenoxy) is 1. The molecule has 0 aliphatic carbocycles. The van der Waals surface area contributed by atoms with E-state index in [4.69, 9.17) is 32.5 Å². The predicted molar refractivity (Wildman–Crippen MR) is 114 cm³/mol. The number of nitrogens with zero attached hydrogens (tertiary/aromatic N) is 2. The van der Waals surface area contributed by atoms with Gasteiger partial charge in [0.25, 0.3) is 0 Å². The Bertz CT molecular complexity index is 1100. The second kappa shape index (κ2) is 7.83. The van der Waals surface area contributed by atoms with Gasteiger partial charge in [0, 0.05) is 16.6 Å². The number of nitrogens with one attached hydrogen (secondary N) is 1. The predicted octanol–water partition coefficient (Wildman–Crippen LogP) is 6.83. The standard InChI is InChI=1S/C20H15Cl2N3O2S/c1-11-17(19(25-27-11)18-14(21)4-3-5-15(18)22)16-10-28-20(24-16)23-12-6-8-13(26-2)9-7-12/h3-10H,1-2H3,(H,23,24). The van der Waals surface area contributed by atoms with Crippen LogP contribution in [0.25, 0.3) is 22.5 Å². The van der Waals surface area contributed by atoms with Crippen LogP contribution in [0.1, 0.15) is 5.76 Å². The normalized spacial score (nSPS) is 10.9. The number of rotatable bonds is 5. The highest BCUT2D eigenvalue weighted by Crippen LogP contribution is 2.41. The molecule has 0 aliphatic heterocycles. The first-order valence-corrected chi connectivity index (χ1v) is 9.98. The minimum atomic E-state index is 0.508. The summed E-state index contributed by atoms with van der Waals surface area (Å²) in [7, 11) is 1.64. The fourth-order valence-electron chi connectivity index (χ4n) is 2.81. The average Bonchev–Trinajstić information content (AvgIpc) is 3.29. The first-order valence-electron chi connectivity index (χ1n) is 8.34. The third kappa shape index (κ3) is 3.58. The van der Waals surface area contributed by atoms with E-state index in [1.54, 1.807) is 25.3 Å². The molecule has 5 nitrogen and oxygen atoms in total. The molecule has 0 aliphatic rings. The molecule has 0 bridgehead atoms. The molecule has 0 atom stereocenters. The summed E-state index contributed by atoms with van der Waals surface area (Å²) in [6.45, 7) is 1.84. The van der Waals surface area contributed by atoms with Gasteiger partial charge < -0.3 is 14.6 Å². The van der Waals surface area contributed by atoms with Crippen molar-refractivity contribution in [3.05, 3.63) is 63.7 Å². The van der Waals surface area contributed by atoms with E-state index in [2.05, 4.69) is 15.5 Å². The molecule has 0 radical (unpaired) electrons. The number of hydrogen-bond acceptors (Lipinski definition) is 6. The van der Waals surface area contributed by atoms with Crippen molar-refractivity contribution in [2.24, 2.45) is 0 Å². The Morgan fingerprint density at radius 3 is 2.43 bits per heavy atom. The van der Waals surface area contributed by atoms with Crippen LogP contribution >= 0.6 is 34.5 Å². The van der Waals surface area contributed by atoms with Gasteiger partial charge in [-0.05, 0) is 43.3 Å². The Labute approximate surface area is 175 Å². The Morgan fingerprint density at radius 2 is 1.75 bits per heavy atom. The Balaban J connectivity index is 1.68. The minimum Gasteiger partial charge on any atom is -0.497 e. The molecule has 0 unspecified atom stereocenters. The van der Waals surface area contributed by atoms with Crippen LogP contribution in [0.4, 0.5) is 10.8 Å². The molecular formula is C20H15Cl2N3O2S. The van der Waals surface area contributed by atoms with Crippen LogP contribution in [0, 0.1) is 6.92 Å². The summed E-state index contributed by atoms with van der Waals surface area (Å²) >= 11 is 14.2. The molecule has 0 spiro atoms. The molecule has 2 aromatic heterocycles. The van der Waals surface area contributed by atoms with Crippen molar-refractivity contribution < 1.29 is 9.26 Å². The highest BCUT2D eigenvalue weighted by atomic mass is 35.5. The van der Waals surface area contributed by atoms with Gasteiger partial charge in [0.2, 0.25) is 0 Å². The van der Waals surface area contributed by atoms with E-state index in [-0.39, 0.29) is 0 Å².